The van der Waals surface area contributed by atoms with Gasteiger partial charge in [0.25, 0.3) is 0 Å². The summed E-state index contributed by atoms with van der Waals surface area (Å²) in [6.45, 7) is 4.90. The highest BCUT2D eigenvalue weighted by Gasteiger charge is 2.01. The molecular weight excluding hydrogens is 240 g/mol. The zero-order chi connectivity index (χ0) is 13.0. The van der Waals surface area contributed by atoms with Crippen LogP contribution < -0.4 is 5.73 Å². The number of nitrogens with zero attached hydrogens (tertiary/aromatic N) is 1. The number of hydrogen-bond acceptors (Lipinski definition) is 3. The van der Waals surface area contributed by atoms with Crippen molar-refractivity contribution in [3.8, 4) is 0 Å². The highest BCUT2D eigenvalue weighted by atomic mass is 32.2. The molecule has 1 aromatic carbocycles. The van der Waals surface area contributed by atoms with Gasteiger partial charge in [-0.2, -0.15) is 0 Å². The van der Waals surface area contributed by atoms with Crippen molar-refractivity contribution in [2.45, 2.75) is 36.1 Å². The average Bonchev–Trinajstić information content (AvgIpc) is 2.39. The standard InChI is InChI=1S/C15H18N2S/c1-11(2)12-3-5-14(6-4-12)18-15-7-8-17-13(9-15)10-16/h3-9,11H,10,16H2,1-2H3. The Balaban J connectivity index is 2.13. The second-order valence-corrected chi connectivity index (χ2v) is 5.66. The summed E-state index contributed by atoms with van der Waals surface area (Å²) in [5.74, 6) is 0.578. The molecule has 0 saturated heterocycles. The van der Waals surface area contributed by atoms with E-state index in [0.717, 1.165) is 5.69 Å². The van der Waals surface area contributed by atoms with Gasteiger partial charge in [-0.3, -0.25) is 4.98 Å². The first-order chi connectivity index (χ1) is 8.69. The van der Waals surface area contributed by atoms with Gasteiger partial charge in [-0.05, 0) is 35.7 Å². The van der Waals surface area contributed by atoms with Crippen LogP contribution in [0.3, 0.4) is 0 Å². The van der Waals surface area contributed by atoms with E-state index in [1.165, 1.54) is 15.4 Å². The maximum absolute atomic E-state index is 5.59. The van der Waals surface area contributed by atoms with Crippen LogP contribution in [0.25, 0.3) is 0 Å². The van der Waals surface area contributed by atoms with E-state index in [2.05, 4.69) is 43.1 Å². The molecular formula is C15H18N2S. The number of pyridine rings is 1. The van der Waals surface area contributed by atoms with Crippen molar-refractivity contribution in [2.24, 2.45) is 5.73 Å². The SMILES string of the molecule is CC(C)c1ccc(Sc2ccnc(CN)c2)cc1. The molecule has 3 heteroatoms. The van der Waals surface area contributed by atoms with Gasteiger partial charge >= 0.3 is 0 Å². The molecule has 1 aromatic heterocycles. The van der Waals surface area contributed by atoms with E-state index in [9.17, 15) is 0 Å². The summed E-state index contributed by atoms with van der Waals surface area (Å²) in [6.07, 6.45) is 1.81. The number of nitrogens with two attached hydrogens (primary N) is 1. The van der Waals surface area contributed by atoms with E-state index < -0.39 is 0 Å². The summed E-state index contributed by atoms with van der Waals surface area (Å²) in [6, 6.07) is 12.8. The van der Waals surface area contributed by atoms with E-state index in [1.807, 2.05) is 18.3 Å². The van der Waals surface area contributed by atoms with Crippen LogP contribution in [0, 0.1) is 0 Å². The van der Waals surface area contributed by atoms with Gasteiger partial charge in [0, 0.05) is 22.5 Å². The number of hydrogen-bond donors (Lipinski definition) is 1. The van der Waals surface area contributed by atoms with E-state index in [-0.39, 0.29) is 0 Å². The van der Waals surface area contributed by atoms with Crippen LogP contribution in [0.2, 0.25) is 0 Å². The Morgan fingerprint density at radius 3 is 2.44 bits per heavy atom. The fourth-order valence-electron chi connectivity index (χ4n) is 1.69. The molecule has 0 saturated carbocycles. The largest absolute Gasteiger partial charge is 0.325 e. The topological polar surface area (TPSA) is 38.9 Å². The monoisotopic (exact) mass is 258 g/mol. The summed E-state index contributed by atoms with van der Waals surface area (Å²) < 4.78 is 0. The van der Waals surface area contributed by atoms with Gasteiger partial charge in [-0.15, -0.1) is 0 Å². The van der Waals surface area contributed by atoms with Crippen LogP contribution >= 0.6 is 11.8 Å². The minimum absolute atomic E-state index is 0.487. The third-order valence-electron chi connectivity index (χ3n) is 2.78. The summed E-state index contributed by atoms with van der Waals surface area (Å²) in [5.41, 5.74) is 7.89. The molecule has 18 heavy (non-hydrogen) atoms. The van der Waals surface area contributed by atoms with Gasteiger partial charge in [0.2, 0.25) is 0 Å². The predicted molar refractivity (Wildman–Crippen MR) is 76.8 cm³/mol. The number of benzene rings is 1. The van der Waals surface area contributed by atoms with Crippen LogP contribution in [-0.2, 0) is 6.54 Å². The minimum atomic E-state index is 0.487. The number of aromatic nitrogens is 1. The Hall–Kier alpha value is -1.32. The molecule has 0 aliphatic rings. The lowest BCUT2D eigenvalue weighted by atomic mass is 10.0. The van der Waals surface area contributed by atoms with Crippen molar-refractivity contribution in [1.29, 1.82) is 0 Å². The van der Waals surface area contributed by atoms with Crippen molar-refractivity contribution >= 4 is 11.8 Å². The fourth-order valence-corrected chi connectivity index (χ4v) is 2.56. The molecule has 0 fully saturated rings. The smallest absolute Gasteiger partial charge is 0.0550 e. The zero-order valence-corrected chi connectivity index (χ0v) is 11.6. The van der Waals surface area contributed by atoms with Crippen LogP contribution in [0.4, 0.5) is 0 Å². The normalized spacial score (nSPS) is 10.9. The Kier molecular flexibility index (Phi) is 4.39. The Labute approximate surface area is 113 Å². The first kappa shape index (κ1) is 13.1. The fraction of sp³-hybridized carbons (Fsp3) is 0.267. The van der Waals surface area contributed by atoms with Gasteiger partial charge in [0.15, 0.2) is 0 Å². The molecule has 2 aromatic rings. The third kappa shape index (κ3) is 3.34. The van der Waals surface area contributed by atoms with E-state index in [0.29, 0.717) is 12.5 Å². The molecule has 0 unspecified atom stereocenters. The van der Waals surface area contributed by atoms with Gasteiger partial charge < -0.3 is 5.73 Å². The van der Waals surface area contributed by atoms with Crippen molar-refractivity contribution in [2.75, 3.05) is 0 Å². The van der Waals surface area contributed by atoms with Gasteiger partial charge in [-0.25, -0.2) is 0 Å². The second kappa shape index (κ2) is 6.03. The molecule has 1 heterocycles. The average molecular weight is 258 g/mol. The first-order valence-electron chi connectivity index (χ1n) is 6.12. The second-order valence-electron chi connectivity index (χ2n) is 4.51. The molecule has 0 aliphatic carbocycles. The van der Waals surface area contributed by atoms with E-state index in [1.54, 1.807) is 11.8 Å². The van der Waals surface area contributed by atoms with Crippen LogP contribution in [0.5, 0.6) is 0 Å². The van der Waals surface area contributed by atoms with E-state index in [4.69, 9.17) is 5.73 Å². The Bertz CT molecular complexity index is 506. The Morgan fingerprint density at radius 2 is 1.83 bits per heavy atom. The van der Waals surface area contributed by atoms with Crippen LogP contribution in [-0.4, -0.2) is 4.98 Å². The van der Waals surface area contributed by atoms with E-state index >= 15 is 0 Å². The highest BCUT2D eigenvalue weighted by Crippen LogP contribution is 2.28. The lowest BCUT2D eigenvalue weighted by Gasteiger charge is -2.07. The molecule has 2 N–H and O–H groups in total. The minimum Gasteiger partial charge on any atom is -0.325 e. The zero-order valence-electron chi connectivity index (χ0n) is 10.8. The molecule has 0 bridgehead atoms. The quantitative estimate of drug-likeness (QED) is 0.906. The van der Waals surface area contributed by atoms with Crippen LogP contribution in [0.15, 0.2) is 52.4 Å². The van der Waals surface area contributed by atoms with Crippen molar-refractivity contribution in [3.63, 3.8) is 0 Å². The summed E-state index contributed by atoms with van der Waals surface area (Å²) in [4.78, 5) is 6.63. The maximum Gasteiger partial charge on any atom is 0.0550 e. The van der Waals surface area contributed by atoms with Crippen molar-refractivity contribution in [3.05, 3.63) is 53.9 Å². The van der Waals surface area contributed by atoms with Gasteiger partial charge in [0.05, 0.1) is 5.69 Å². The first-order valence-corrected chi connectivity index (χ1v) is 6.93. The van der Waals surface area contributed by atoms with Gasteiger partial charge in [-0.1, -0.05) is 37.7 Å². The molecule has 94 valence electrons. The molecule has 2 nitrogen and oxygen atoms in total. The lowest BCUT2D eigenvalue weighted by molar-refractivity contribution is 0.865. The number of rotatable bonds is 4. The molecule has 0 radical (unpaired) electrons. The Morgan fingerprint density at radius 1 is 1.11 bits per heavy atom. The molecule has 0 aliphatic heterocycles. The lowest BCUT2D eigenvalue weighted by Crippen LogP contribution is -1.98. The molecule has 0 amide bonds. The predicted octanol–water partition coefficient (Wildman–Crippen LogP) is 3.81. The maximum atomic E-state index is 5.59. The van der Waals surface area contributed by atoms with Crippen molar-refractivity contribution < 1.29 is 0 Å². The molecule has 2 rings (SSSR count). The summed E-state index contributed by atoms with van der Waals surface area (Å²) in [7, 11) is 0. The molecule has 0 atom stereocenters. The third-order valence-corrected chi connectivity index (χ3v) is 3.78. The van der Waals surface area contributed by atoms with Gasteiger partial charge in [0.1, 0.15) is 0 Å². The summed E-state index contributed by atoms with van der Waals surface area (Å²) in [5, 5.41) is 0. The van der Waals surface area contributed by atoms with Crippen LogP contribution in [0.1, 0.15) is 31.0 Å². The molecule has 0 spiro atoms. The highest BCUT2D eigenvalue weighted by molar-refractivity contribution is 7.99. The summed E-state index contributed by atoms with van der Waals surface area (Å²) >= 11 is 1.74. The van der Waals surface area contributed by atoms with Crippen molar-refractivity contribution in [1.82, 2.24) is 4.98 Å².